The lowest BCUT2D eigenvalue weighted by molar-refractivity contribution is 0.380. The molecule has 1 aromatic heterocycles. The number of rotatable bonds is 5. The molecule has 0 aliphatic heterocycles. The number of nitrogens with one attached hydrogen (secondary N) is 1. The lowest BCUT2D eigenvalue weighted by atomic mass is 10.3. The van der Waals surface area contributed by atoms with Crippen molar-refractivity contribution in [2.75, 3.05) is 12.8 Å². The Bertz CT molecular complexity index is 653. The Morgan fingerprint density at radius 2 is 2.21 bits per heavy atom. The van der Waals surface area contributed by atoms with Crippen molar-refractivity contribution in [1.82, 2.24) is 9.88 Å². The summed E-state index contributed by atoms with van der Waals surface area (Å²) in [4.78, 5) is 0.0677. The molecule has 0 unspecified atom stereocenters. The summed E-state index contributed by atoms with van der Waals surface area (Å²) in [6.07, 6.45) is 1.44. The summed E-state index contributed by atoms with van der Waals surface area (Å²) < 4.78 is 36.3. The predicted molar refractivity (Wildman–Crippen MR) is 67.9 cm³/mol. The molecule has 1 heterocycles. The zero-order valence-corrected chi connectivity index (χ0v) is 11.0. The SMILES string of the molecule is COc1cc(S(=O)(=O)NCc2ccno2)ccc1N. The number of hydrogen-bond acceptors (Lipinski definition) is 6. The van der Waals surface area contributed by atoms with Crippen molar-refractivity contribution in [2.45, 2.75) is 11.4 Å². The summed E-state index contributed by atoms with van der Waals surface area (Å²) >= 11 is 0. The van der Waals surface area contributed by atoms with E-state index < -0.39 is 10.0 Å². The Hall–Kier alpha value is -2.06. The second-order valence-corrected chi connectivity index (χ2v) is 5.47. The first-order chi connectivity index (χ1) is 9.03. The summed E-state index contributed by atoms with van der Waals surface area (Å²) in [5.41, 5.74) is 6.00. The maximum atomic E-state index is 12.0. The number of benzene rings is 1. The van der Waals surface area contributed by atoms with Crippen LogP contribution >= 0.6 is 0 Å². The third kappa shape index (κ3) is 3.04. The van der Waals surface area contributed by atoms with Gasteiger partial charge in [-0.15, -0.1) is 0 Å². The minimum atomic E-state index is -3.66. The molecule has 0 amide bonds. The van der Waals surface area contributed by atoms with E-state index in [1.54, 1.807) is 6.07 Å². The Morgan fingerprint density at radius 1 is 1.42 bits per heavy atom. The van der Waals surface area contributed by atoms with Crippen LogP contribution in [0.3, 0.4) is 0 Å². The average Bonchev–Trinajstić information content (AvgIpc) is 2.90. The summed E-state index contributed by atoms with van der Waals surface area (Å²) in [5, 5.41) is 3.49. The molecule has 3 N–H and O–H groups in total. The van der Waals surface area contributed by atoms with Crippen LogP contribution in [0.4, 0.5) is 5.69 Å². The quantitative estimate of drug-likeness (QED) is 0.784. The van der Waals surface area contributed by atoms with Crippen LogP contribution in [0.25, 0.3) is 0 Å². The van der Waals surface area contributed by atoms with Gasteiger partial charge in [0.15, 0.2) is 5.76 Å². The number of anilines is 1. The van der Waals surface area contributed by atoms with Gasteiger partial charge in [0.2, 0.25) is 10.0 Å². The van der Waals surface area contributed by atoms with E-state index in [4.69, 9.17) is 15.0 Å². The van der Waals surface area contributed by atoms with E-state index in [9.17, 15) is 8.42 Å². The van der Waals surface area contributed by atoms with Gasteiger partial charge in [0.05, 0.1) is 30.4 Å². The van der Waals surface area contributed by atoms with Crippen LogP contribution in [0, 0.1) is 0 Å². The Kier molecular flexibility index (Phi) is 3.72. The summed E-state index contributed by atoms with van der Waals surface area (Å²) in [5.74, 6) is 0.730. The van der Waals surface area contributed by atoms with Crippen LogP contribution in [-0.2, 0) is 16.6 Å². The molecule has 8 heteroatoms. The number of aromatic nitrogens is 1. The van der Waals surface area contributed by atoms with Crippen molar-refractivity contribution in [3.05, 3.63) is 36.2 Å². The molecular weight excluding hydrogens is 270 g/mol. The summed E-state index contributed by atoms with van der Waals surface area (Å²) in [6.45, 7) is 0.0228. The monoisotopic (exact) mass is 283 g/mol. The zero-order valence-electron chi connectivity index (χ0n) is 10.2. The molecule has 2 aromatic rings. The minimum Gasteiger partial charge on any atom is -0.495 e. The molecule has 0 saturated heterocycles. The van der Waals surface area contributed by atoms with Gasteiger partial charge in [-0.25, -0.2) is 13.1 Å². The topological polar surface area (TPSA) is 107 Å². The highest BCUT2D eigenvalue weighted by Gasteiger charge is 2.16. The van der Waals surface area contributed by atoms with Gasteiger partial charge >= 0.3 is 0 Å². The largest absolute Gasteiger partial charge is 0.495 e. The van der Waals surface area contributed by atoms with E-state index in [0.29, 0.717) is 17.2 Å². The second-order valence-electron chi connectivity index (χ2n) is 3.71. The van der Waals surface area contributed by atoms with Gasteiger partial charge in [-0.05, 0) is 12.1 Å². The van der Waals surface area contributed by atoms with Crippen molar-refractivity contribution in [3.63, 3.8) is 0 Å². The maximum Gasteiger partial charge on any atom is 0.241 e. The minimum absolute atomic E-state index is 0.0228. The molecule has 7 nitrogen and oxygen atoms in total. The summed E-state index contributed by atoms with van der Waals surface area (Å²) in [6, 6.07) is 5.81. The summed E-state index contributed by atoms with van der Waals surface area (Å²) in [7, 11) is -2.24. The normalized spacial score (nSPS) is 11.4. The molecule has 0 bridgehead atoms. The molecule has 2 rings (SSSR count). The van der Waals surface area contributed by atoms with Crippen LogP contribution in [-0.4, -0.2) is 20.7 Å². The van der Waals surface area contributed by atoms with Crippen LogP contribution in [0.2, 0.25) is 0 Å². The van der Waals surface area contributed by atoms with Crippen LogP contribution in [0.5, 0.6) is 5.75 Å². The van der Waals surface area contributed by atoms with Crippen LogP contribution in [0.15, 0.2) is 39.9 Å². The van der Waals surface area contributed by atoms with Crippen molar-refractivity contribution in [1.29, 1.82) is 0 Å². The number of hydrogen-bond donors (Lipinski definition) is 2. The first kappa shape index (κ1) is 13.4. The second kappa shape index (κ2) is 5.29. The molecule has 0 aliphatic rings. The van der Waals surface area contributed by atoms with E-state index in [0.717, 1.165) is 0 Å². The molecule has 1 aromatic carbocycles. The number of sulfonamides is 1. The van der Waals surface area contributed by atoms with E-state index in [1.807, 2.05) is 0 Å². The molecule has 0 fully saturated rings. The van der Waals surface area contributed by atoms with Crippen molar-refractivity contribution in [3.8, 4) is 5.75 Å². The highest BCUT2D eigenvalue weighted by Crippen LogP contribution is 2.24. The Labute approximate surface area is 110 Å². The number of ether oxygens (including phenoxy) is 1. The predicted octanol–water partition coefficient (Wildman–Crippen LogP) is 0.744. The van der Waals surface area contributed by atoms with Crippen molar-refractivity contribution < 1.29 is 17.7 Å². The third-order valence-corrected chi connectivity index (χ3v) is 3.84. The molecule has 0 spiro atoms. The standard InChI is InChI=1S/C11H13N3O4S/c1-17-11-6-9(2-3-10(11)12)19(15,16)14-7-8-4-5-13-18-8/h2-6,14H,7,12H2,1H3. The number of nitrogens with two attached hydrogens (primary N) is 1. The fourth-order valence-corrected chi connectivity index (χ4v) is 2.45. The average molecular weight is 283 g/mol. The lowest BCUT2D eigenvalue weighted by Gasteiger charge is -2.08. The molecule has 0 aliphatic carbocycles. The Morgan fingerprint density at radius 3 is 2.84 bits per heavy atom. The van der Waals surface area contributed by atoms with Crippen molar-refractivity contribution >= 4 is 15.7 Å². The van der Waals surface area contributed by atoms with Gasteiger partial charge in [0.25, 0.3) is 0 Å². The van der Waals surface area contributed by atoms with Gasteiger partial charge in [0, 0.05) is 12.1 Å². The highest BCUT2D eigenvalue weighted by molar-refractivity contribution is 7.89. The fraction of sp³-hybridized carbons (Fsp3) is 0.182. The van der Waals surface area contributed by atoms with Crippen molar-refractivity contribution in [2.24, 2.45) is 0 Å². The molecule has 102 valence electrons. The van der Waals surface area contributed by atoms with Crippen LogP contribution < -0.4 is 15.2 Å². The number of nitrogen functional groups attached to an aromatic ring is 1. The van der Waals surface area contributed by atoms with Gasteiger partial charge in [-0.3, -0.25) is 0 Å². The zero-order chi connectivity index (χ0) is 13.9. The molecule has 0 radical (unpaired) electrons. The van der Waals surface area contributed by atoms with Gasteiger partial charge in [-0.1, -0.05) is 5.16 Å². The van der Waals surface area contributed by atoms with E-state index in [2.05, 4.69) is 9.88 Å². The molecule has 0 atom stereocenters. The van der Waals surface area contributed by atoms with E-state index >= 15 is 0 Å². The number of nitrogens with zero attached hydrogens (tertiary/aromatic N) is 1. The first-order valence-electron chi connectivity index (χ1n) is 5.35. The van der Waals surface area contributed by atoms with Gasteiger partial charge in [-0.2, -0.15) is 0 Å². The maximum absolute atomic E-state index is 12.0. The first-order valence-corrected chi connectivity index (χ1v) is 6.84. The van der Waals surface area contributed by atoms with Gasteiger partial charge in [0.1, 0.15) is 5.75 Å². The Balaban J connectivity index is 2.19. The van der Waals surface area contributed by atoms with Crippen LogP contribution in [0.1, 0.15) is 5.76 Å². The lowest BCUT2D eigenvalue weighted by Crippen LogP contribution is -2.23. The number of methoxy groups -OCH3 is 1. The van der Waals surface area contributed by atoms with Gasteiger partial charge < -0.3 is 15.0 Å². The third-order valence-electron chi connectivity index (χ3n) is 2.44. The molecular formula is C11H13N3O4S. The fourth-order valence-electron chi connectivity index (χ4n) is 1.44. The van der Waals surface area contributed by atoms with E-state index in [1.165, 1.54) is 31.5 Å². The highest BCUT2D eigenvalue weighted by atomic mass is 32.2. The van der Waals surface area contributed by atoms with E-state index in [-0.39, 0.29) is 11.4 Å². The molecule has 19 heavy (non-hydrogen) atoms. The molecule has 0 saturated carbocycles. The smallest absolute Gasteiger partial charge is 0.241 e.